The fraction of sp³-hybridized carbons (Fsp3) is 0.500. The Morgan fingerprint density at radius 1 is 1.45 bits per heavy atom. The largest absolute Gasteiger partial charge is 0.388 e. The standard InChI is InChI=1S/C14H19ClN2O2S/c1-10-2-3-11(8-12(10)15)17-13(18)16-9-14(19)4-6-20-7-5-14/h2-3,8,19H,4-7,9H2,1H3,(H2,16,17,18). The lowest BCUT2D eigenvalue weighted by molar-refractivity contribution is 0.0351. The number of benzene rings is 1. The molecule has 0 spiro atoms. The number of aryl methyl sites for hydroxylation is 1. The second-order valence-electron chi connectivity index (χ2n) is 5.11. The van der Waals surface area contributed by atoms with Gasteiger partial charge in [0.15, 0.2) is 0 Å². The van der Waals surface area contributed by atoms with Gasteiger partial charge in [0.2, 0.25) is 0 Å². The summed E-state index contributed by atoms with van der Waals surface area (Å²) < 4.78 is 0. The Bertz CT molecular complexity index is 490. The molecule has 20 heavy (non-hydrogen) atoms. The van der Waals surface area contributed by atoms with Crippen LogP contribution in [-0.4, -0.2) is 34.8 Å². The van der Waals surface area contributed by atoms with Crippen molar-refractivity contribution in [1.29, 1.82) is 0 Å². The van der Waals surface area contributed by atoms with Gasteiger partial charge in [0.05, 0.1) is 5.60 Å². The normalized spacial score (nSPS) is 17.6. The van der Waals surface area contributed by atoms with E-state index in [2.05, 4.69) is 10.6 Å². The number of rotatable bonds is 3. The van der Waals surface area contributed by atoms with Crippen molar-refractivity contribution >= 4 is 35.1 Å². The number of carbonyl (C=O) groups excluding carboxylic acids is 1. The van der Waals surface area contributed by atoms with E-state index in [9.17, 15) is 9.90 Å². The molecule has 0 unspecified atom stereocenters. The van der Waals surface area contributed by atoms with E-state index in [0.29, 0.717) is 23.6 Å². The molecule has 0 saturated carbocycles. The number of aliphatic hydroxyl groups is 1. The molecule has 2 amide bonds. The molecule has 4 nitrogen and oxygen atoms in total. The number of urea groups is 1. The van der Waals surface area contributed by atoms with Gasteiger partial charge >= 0.3 is 6.03 Å². The molecular weight excluding hydrogens is 296 g/mol. The van der Waals surface area contributed by atoms with Crippen LogP contribution in [0.25, 0.3) is 0 Å². The van der Waals surface area contributed by atoms with E-state index in [0.717, 1.165) is 17.1 Å². The second kappa shape index (κ2) is 6.70. The third-order valence-corrected chi connectivity index (χ3v) is 4.82. The maximum absolute atomic E-state index is 11.8. The molecule has 1 aromatic carbocycles. The topological polar surface area (TPSA) is 61.4 Å². The molecule has 1 saturated heterocycles. The Hall–Kier alpha value is -0.910. The summed E-state index contributed by atoms with van der Waals surface area (Å²) in [7, 11) is 0. The first-order valence-electron chi connectivity index (χ1n) is 6.60. The van der Waals surface area contributed by atoms with E-state index in [1.165, 1.54) is 0 Å². The van der Waals surface area contributed by atoms with E-state index in [1.54, 1.807) is 12.1 Å². The third-order valence-electron chi connectivity index (χ3n) is 3.43. The van der Waals surface area contributed by atoms with Crippen LogP contribution in [0.15, 0.2) is 18.2 Å². The molecule has 1 fully saturated rings. The molecule has 0 radical (unpaired) electrons. The van der Waals surface area contributed by atoms with Crippen molar-refractivity contribution in [2.45, 2.75) is 25.4 Å². The average molecular weight is 315 g/mol. The number of hydrogen-bond acceptors (Lipinski definition) is 3. The van der Waals surface area contributed by atoms with Crippen LogP contribution < -0.4 is 10.6 Å². The molecule has 2 rings (SSSR count). The van der Waals surface area contributed by atoms with E-state index in [1.807, 2.05) is 24.8 Å². The minimum atomic E-state index is -0.770. The Kier molecular flexibility index (Phi) is 5.18. The van der Waals surface area contributed by atoms with Crippen molar-refractivity contribution in [1.82, 2.24) is 5.32 Å². The highest BCUT2D eigenvalue weighted by molar-refractivity contribution is 7.99. The Morgan fingerprint density at radius 2 is 2.15 bits per heavy atom. The predicted molar refractivity (Wildman–Crippen MR) is 84.7 cm³/mol. The minimum Gasteiger partial charge on any atom is -0.388 e. The molecule has 6 heteroatoms. The van der Waals surface area contributed by atoms with Crippen molar-refractivity contribution in [2.75, 3.05) is 23.4 Å². The zero-order chi connectivity index (χ0) is 14.6. The van der Waals surface area contributed by atoms with Gasteiger partial charge in [0.1, 0.15) is 0 Å². The van der Waals surface area contributed by atoms with E-state index in [-0.39, 0.29) is 12.6 Å². The fourth-order valence-corrected chi connectivity index (χ4v) is 3.45. The van der Waals surface area contributed by atoms with Gasteiger partial charge in [-0.3, -0.25) is 0 Å². The summed E-state index contributed by atoms with van der Waals surface area (Å²) >= 11 is 7.84. The summed E-state index contributed by atoms with van der Waals surface area (Å²) in [5, 5.41) is 16.3. The number of nitrogens with one attached hydrogen (secondary N) is 2. The summed E-state index contributed by atoms with van der Waals surface area (Å²) in [6.07, 6.45) is 1.43. The van der Waals surface area contributed by atoms with Crippen LogP contribution in [0.2, 0.25) is 5.02 Å². The Labute approximate surface area is 128 Å². The maximum atomic E-state index is 11.8. The van der Waals surface area contributed by atoms with E-state index < -0.39 is 5.60 Å². The first kappa shape index (κ1) is 15.5. The maximum Gasteiger partial charge on any atom is 0.319 e. The van der Waals surface area contributed by atoms with Crippen molar-refractivity contribution in [3.8, 4) is 0 Å². The van der Waals surface area contributed by atoms with Gasteiger partial charge in [-0.05, 0) is 49.0 Å². The smallest absolute Gasteiger partial charge is 0.319 e. The summed E-state index contributed by atoms with van der Waals surface area (Å²) in [5.74, 6) is 1.88. The van der Waals surface area contributed by atoms with E-state index in [4.69, 9.17) is 11.6 Å². The first-order chi connectivity index (χ1) is 9.48. The third kappa shape index (κ3) is 4.30. The Balaban J connectivity index is 1.84. The number of thioether (sulfide) groups is 1. The lowest BCUT2D eigenvalue weighted by atomic mass is 9.97. The molecule has 1 aliphatic rings. The van der Waals surface area contributed by atoms with Crippen LogP contribution >= 0.6 is 23.4 Å². The SMILES string of the molecule is Cc1ccc(NC(=O)NCC2(O)CCSCC2)cc1Cl. The highest BCUT2D eigenvalue weighted by atomic mass is 35.5. The van der Waals surface area contributed by atoms with Gasteiger partial charge in [0, 0.05) is 17.3 Å². The average Bonchev–Trinajstić information content (AvgIpc) is 2.42. The molecule has 1 aromatic rings. The molecule has 3 N–H and O–H groups in total. The zero-order valence-electron chi connectivity index (χ0n) is 11.4. The molecule has 110 valence electrons. The highest BCUT2D eigenvalue weighted by Crippen LogP contribution is 2.26. The molecule has 0 atom stereocenters. The number of amides is 2. The molecule has 0 aliphatic carbocycles. The van der Waals surface area contributed by atoms with Crippen LogP contribution in [-0.2, 0) is 0 Å². The van der Waals surface area contributed by atoms with Crippen molar-refractivity contribution < 1.29 is 9.90 Å². The molecule has 0 bridgehead atoms. The van der Waals surface area contributed by atoms with Gasteiger partial charge < -0.3 is 15.7 Å². The van der Waals surface area contributed by atoms with Gasteiger partial charge in [-0.25, -0.2) is 4.79 Å². The monoisotopic (exact) mass is 314 g/mol. The number of halogens is 1. The zero-order valence-corrected chi connectivity index (χ0v) is 13.0. The summed E-state index contributed by atoms with van der Waals surface area (Å²) in [6, 6.07) is 5.04. The quantitative estimate of drug-likeness (QED) is 0.803. The number of anilines is 1. The van der Waals surface area contributed by atoms with Gasteiger partial charge in [-0.2, -0.15) is 11.8 Å². The van der Waals surface area contributed by atoms with Gasteiger partial charge in [-0.1, -0.05) is 17.7 Å². The highest BCUT2D eigenvalue weighted by Gasteiger charge is 2.29. The van der Waals surface area contributed by atoms with Crippen molar-refractivity contribution in [3.05, 3.63) is 28.8 Å². The first-order valence-corrected chi connectivity index (χ1v) is 8.13. The van der Waals surface area contributed by atoms with Crippen LogP contribution in [0.3, 0.4) is 0 Å². The fourth-order valence-electron chi connectivity index (χ4n) is 2.02. The van der Waals surface area contributed by atoms with E-state index >= 15 is 0 Å². The molecule has 1 heterocycles. The lowest BCUT2D eigenvalue weighted by Crippen LogP contribution is -2.46. The van der Waals surface area contributed by atoms with Crippen LogP contribution in [0, 0.1) is 6.92 Å². The Morgan fingerprint density at radius 3 is 2.80 bits per heavy atom. The second-order valence-corrected chi connectivity index (χ2v) is 6.74. The summed E-state index contributed by atoms with van der Waals surface area (Å²) in [6.45, 7) is 2.18. The molecule has 1 aliphatic heterocycles. The van der Waals surface area contributed by atoms with Crippen molar-refractivity contribution in [3.63, 3.8) is 0 Å². The summed E-state index contributed by atoms with van der Waals surface area (Å²) in [4.78, 5) is 11.8. The van der Waals surface area contributed by atoms with Crippen LogP contribution in [0.5, 0.6) is 0 Å². The number of carbonyl (C=O) groups is 1. The van der Waals surface area contributed by atoms with Gasteiger partial charge in [0.25, 0.3) is 0 Å². The summed E-state index contributed by atoms with van der Waals surface area (Å²) in [5.41, 5.74) is 0.837. The molecular formula is C14H19ClN2O2S. The lowest BCUT2D eigenvalue weighted by Gasteiger charge is -2.31. The molecule has 0 aromatic heterocycles. The van der Waals surface area contributed by atoms with Crippen LogP contribution in [0.4, 0.5) is 10.5 Å². The van der Waals surface area contributed by atoms with Crippen molar-refractivity contribution in [2.24, 2.45) is 0 Å². The van der Waals surface area contributed by atoms with Crippen LogP contribution in [0.1, 0.15) is 18.4 Å². The minimum absolute atomic E-state index is 0.277. The predicted octanol–water partition coefficient (Wildman–Crippen LogP) is 3.03. The van der Waals surface area contributed by atoms with Gasteiger partial charge in [-0.15, -0.1) is 0 Å². The number of hydrogen-bond donors (Lipinski definition) is 3.